The summed E-state index contributed by atoms with van der Waals surface area (Å²) in [7, 11) is 0. The highest BCUT2D eigenvalue weighted by atomic mass is 35.5. The molecular formula is C21H17Cl2FN6S. The Hall–Kier alpha value is -2.94. The molecular weight excluding hydrogens is 458 g/mol. The molecule has 0 saturated heterocycles. The van der Waals surface area contributed by atoms with Crippen molar-refractivity contribution in [3.05, 3.63) is 94.0 Å². The van der Waals surface area contributed by atoms with Gasteiger partial charge in [-0.15, -0.1) is 0 Å². The van der Waals surface area contributed by atoms with Crippen LogP contribution in [0.25, 0.3) is 0 Å². The fraction of sp³-hybridized carbons (Fsp3) is 0.0952. The quantitative estimate of drug-likeness (QED) is 0.364. The van der Waals surface area contributed by atoms with Crippen molar-refractivity contribution in [2.75, 3.05) is 10.6 Å². The van der Waals surface area contributed by atoms with E-state index >= 15 is 0 Å². The maximum absolute atomic E-state index is 13.2. The largest absolute Gasteiger partial charge is 0.316 e. The van der Waals surface area contributed by atoms with Crippen molar-refractivity contribution < 1.29 is 4.39 Å². The first-order valence-corrected chi connectivity index (χ1v) is 10.4. The maximum atomic E-state index is 13.2. The second-order valence-electron chi connectivity index (χ2n) is 6.70. The molecule has 158 valence electrons. The van der Waals surface area contributed by atoms with E-state index in [1.54, 1.807) is 27.7 Å². The van der Waals surface area contributed by atoms with E-state index in [1.165, 1.54) is 12.1 Å². The number of benzene rings is 2. The van der Waals surface area contributed by atoms with Gasteiger partial charge in [-0.25, -0.2) is 4.39 Å². The Morgan fingerprint density at radius 2 is 1.42 bits per heavy atom. The van der Waals surface area contributed by atoms with E-state index < -0.39 is 0 Å². The summed E-state index contributed by atoms with van der Waals surface area (Å²) < 4.78 is 16.6. The molecule has 0 aliphatic heterocycles. The minimum absolute atomic E-state index is 0.355. The highest BCUT2D eigenvalue weighted by Gasteiger charge is 2.08. The monoisotopic (exact) mass is 474 g/mol. The predicted octanol–water partition coefficient (Wildman–Crippen LogP) is 5.43. The van der Waals surface area contributed by atoms with Crippen LogP contribution in [-0.4, -0.2) is 24.7 Å². The van der Waals surface area contributed by atoms with Crippen LogP contribution in [0.5, 0.6) is 0 Å². The molecule has 10 heteroatoms. The number of nitrogens with one attached hydrogen (secondary N) is 2. The van der Waals surface area contributed by atoms with Gasteiger partial charge in [0.15, 0.2) is 16.7 Å². The number of nitrogens with zero attached hydrogens (tertiary/aromatic N) is 4. The molecule has 6 nitrogen and oxygen atoms in total. The Balaban J connectivity index is 1.33. The minimum atomic E-state index is -0.373. The minimum Gasteiger partial charge on any atom is -0.316 e. The first-order valence-electron chi connectivity index (χ1n) is 9.28. The van der Waals surface area contributed by atoms with Gasteiger partial charge in [-0.3, -0.25) is 9.36 Å². The molecule has 0 atom stereocenters. The highest BCUT2D eigenvalue weighted by Crippen LogP contribution is 2.19. The van der Waals surface area contributed by atoms with Crippen LogP contribution in [0.4, 0.5) is 16.0 Å². The van der Waals surface area contributed by atoms with Crippen molar-refractivity contribution in [1.29, 1.82) is 0 Å². The molecule has 0 spiro atoms. The van der Waals surface area contributed by atoms with E-state index in [0.29, 0.717) is 39.9 Å². The zero-order chi connectivity index (χ0) is 21.8. The fourth-order valence-electron chi connectivity index (χ4n) is 2.92. The topological polar surface area (TPSA) is 59.7 Å². The van der Waals surface area contributed by atoms with Crippen molar-refractivity contribution in [2.45, 2.75) is 13.1 Å². The number of rotatable bonds is 6. The van der Waals surface area contributed by atoms with Gasteiger partial charge in [0.2, 0.25) is 0 Å². The van der Waals surface area contributed by atoms with E-state index in [4.69, 9.17) is 35.4 Å². The van der Waals surface area contributed by atoms with Crippen LogP contribution in [0.3, 0.4) is 0 Å². The molecule has 0 aliphatic rings. The summed E-state index contributed by atoms with van der Waals surface area (Å²) in [6.07, 6.45) is 3.62. The molecule has 4 aromatic rings. The van der Waals surface area contributed by atoms with E-state index in [0.717, 1.165) is 11.1 Å². The van der Waals surface area contributed by atoms with Crippen LogP contribution >= 0.6 is 35.4 Å². The number of thiocarbonyl (C=S) groups is 1. The third-order valence-corrected chi connectivity index (χ3v) is 5.33. The molecule has 0 radical (unpaired) electrons. The third-order valence-electron chi connectivity index (χ3n) is 4.40. The molecule has 2 N–H and O–H groups in total. The Labute approximate surface area is 193 Å². The molecule has 0 fully saturated rings. The molecule has 31 heavy (non-hydrogen) atoms. The molecule has 2 aromatic heterocycles. The average molecular weight is 475 g/mol. The van der Waals surface area contributed by atoms with Crippen molar-refractivity contribution in [3.63, 3.8) is 0 Å². The van der Waals surface area contributed by atoms with Crippen molar-refractivity contribution >= 4 is 52.2 Å². The standard InChI is InChI=1S/C21H17Cl2FN6S/c22-17-4-2-1-3-14(17)12-29-9-7-19(27-29)25-21(31)26-20-8-10-30(28-20)13-15-5-6-16(24)11-18(15)23/h1-11H,12-13H2,(H2,25,26,27,28,31). The first-order chi connectivity index (χ1) is 15.0. The summed E-state index contributed by atoms with van der Waals surface area (Å²) in [4.78, 5) is 0. The number of anilines is 2. The lowest BCUT2D eigenvalue weighted by Crippen LogP contribution is -2.20. The number of aromatic nitrogens is 4. The van der Waals surface area contributed by atoms with Gasteiger partial charge >= 0.3 is 0 Å². The van der Waals surface area contributed by atoms with Gasteiger partial charge in [0.25, 0.3) is 0 Å². The third kappa shape index (κ3) is 5.61. The normalized spacial score (nSPS) is 10.8. The SMILES string of the molecule is Fc1ccc(Cn2ccc(NC(=S)Nc3ccn(Cc4ccccc4Cl)n3)n2)c(Cl)c1. The summed E-state index contributed by atoms with van der Waals surface area (Å²) in [6, 6.07) is 15.5. The van der Waals surface area contributed by atoms with Gasteiger partial charge in [-0.2, -0.15) is 10.2 Å². The van der Waals surface area contributed by atoms with Gasteiger partial charge in [0.05, 0.1) is 13.1 Å². The lowest BCUT2D eigenvalue weighted by molar-refractivity contribution is 0.624. The van der Waals surface area contributed by atoms with Gasteiger partial charge in [0.1, 0.15) is 5.82 Å². The van der Waals surface area contributed by atoms with Gasteiger partial charge in [-0.05, 0) is 41.5 Å². The Morgan fingerprint density at radius 3 is 2.00 bits per heavy atom. The highest BCUT2D eigenvalue weighted by molar-refractivity contribution is 7.80. The van der Waals surface area contributed by atoms with E-state index in [-0.39, 0.29) is 5.82 Å². The summed E-state index contributed by atoms with van der Waals surface area (Å²) >= 11 is 17.6. The molecule has 0 saturated carbocycles. The van der Waals surface area contributed by atoms with Gasteiger partial charge in [0, 0.05) is 34.6 Å². The van der Waals surface area contributed by atoms with E-state index in [9.17, 15) is 4.39 Å². The second kappa shape index (κ2) is 9.47. The second-order valence-corrected chi connectivity index (χ2v) is 7.93. The van der Waals surface area contributed by atoms with E-state index in [1.807, 2.05) is 36.5 Å². The molecule has 0 amide bonds. The maximum Gasteiger partial charge on any atom is 0.177 e. The van der Waals surface area contributed by atoms with Gasteiger partial charge in [-0.1, -0.05) is 47.5 Å². The summed E-state index contributed by atoms with van der Waals surface area (Å²) in [5, 5.41) is 16.3. The van der Waals surface area contributed by atoms with Crippen molar-refractivity contribution in [1.82, 2.24) is 19.6 Å². The summed E-state index contributed by atoms with van der Waals surface area (Å²) in [5.74, 6) is 0.788. The van der Waals surface area contributed by atoms with Crippen molar-refractivity contribution in [3.8, 4) is 0 Å². The molecule has 0 unspecified atom stereocenters. The first kappa shape index (κ1) is 21.3. The van der Waals surface area contributed by atoms with Crippen LogP contribution in [-0.2, 0) is 13.1 Å². The zero-order valence-electron chi connectivity index (χ0n) is 16.1. The van der Waals surface area contributed by atoms with Gasteiger partial charge < -0.3 is 10.6 Å². The Morgan fingerprint density at radius 1 is 0.839 bits per heavy atom. The number of hydrogen-bond donors (Lipinski definition) is 2. The molecule has 2 aromatic carbocycles. The lowest BCUT2D eigenvalue weighted by Gasteiger charge is -2.07. The molecule has 4 rings (SSSR count). The smallest absolute Gasteiger partial charge is 0.177 e. The fourth-order valence-corrected chi connectivity index (χ4v) is 3.55. The Bertz CT molecular complexity index is 1220. The van der Waals surface area contributed by atoms with Crippen LogP contribution in [0.1, 0.15) is 11.1 Å². The molecule has 2 heterocycles. The zero-order valence-corrected chi connectivity index (χ0v) is 18.4. The van der Waals surface area contributed by atoms with Crippen LogP contribution in [0.2, 0.25) is 10.0 Å². The summed E-state index contributed by atoms with van der Waals surface area (Å²) in [5.41, 5.74) is 1.74. The number of hydrogen-bond acceptors (Lipinski definition) is 3. The Kier molecular flexibility index (Phi) is 6.50. The molecule has 0 bridgehead atoms. The summed E-state index contributed by atoms with van der Waals surface area (Å²) in [6.45, 7) is 0.964. The number of halogens is 3. The van der Waals surface area contributed by atoms with Crippen LogP contribution in [0.15, 0.2) is 67.0 Å². The average Bonchev–Trinajstić information content (AvgIpc) is 3.35. The molecule has 0 aliphatic carbocycles. The van der Waals surface area contributed by atoms with E-state index in [2.05, 4.69) is 20.8 Å². The lowest BCUT2D eigenvalue weighted by atomic mass is 10.2. The van der Waals surface area contributed by atoms with Crippen molar-refractivity contribution in [2.24, 2.45) is 0 Å². The predicted molar refractivity (Wildman–Crippen MR) is 125 cm³/mol. The van der Waals surface area contributed by atoms with Crippen LogP contribution < -0.4 is 10.6 Å². The van der Waals surface area contributed by atoms with Crippen LogP contribution in [0, 0.1) is 5.82 Å².